The van der Waals surface area contributed by atoms with Crippen molar-refractivity contribution in [2.24, 2.45) is 0 Å². The van der Waals surface area contributed by atoms with E-state index in [9.17, 15) is 0 Å². The highest BCUT2D eigenvalue weighted by Crippen LogP contribution is 2.35. The zero-order valence-corrected chi connectivity index (χ0v) is 9.25. The molecule has 0 aliphatic carbocycles. The van der Waals surface area contributed by atoms with Crippen molar-refractivity contribution in [1.29, 1.82) is 5.26 Å². The molecule has 0 bridgehead atoms. The monoisotopic (exact) mass is 200 g/mol. The molecule has 0 fully saturated rings. The molecule has 0 saturated heterocycles. The van der Waals surface area contributed by atoms with Gasteiger partial charge in [0.15, 0.2) is 0 Å². The first-order valence-electron chi connectivity index (χ1n) is 5.47. The number of nitrogens with one attached hydrogen (secondary N) is 1. The van der Waals surface area contributed by atoms with Crippen LogP contribution in [-0.2, 0) is 0 Å². The summed E-state index contributed by atoms with van der Waals surface area (Å²) < 4.78 is 0. The molecule has 1 N–H and O–H groups in total. The molecular weight excluding hydrogens is 184 g/mol. The lowest BCUT2D eigenvalue weighted by Crippen LogP contribution is -2.00. The van der Waals surface area contributed by atoms with Crippen molar-refractivity contribution in [3.05, 3.63) is 29.3 Å². The van der Waals surface area contributed by atoms with E-state index in [1.54, 1.807) is 0 Å². The number of benzene rings is 1. The van der Waals surface area contributed by atoms with Crippen molar-refractivity contribution in [1.82, 2.24) is 0 Å². The number of nitrogens with zero attached hydrogens (tertiary/aromatic N) is 1. The van der Waals surface area contributed by atoms with E-state index in [0.29, 0.717) is 18.3 Å². The topological polar surface area (TPSA) is 35.8 Å². The molecule has 0 radical (unpaired) electrons. The first kappa shape index (κ1) is 10.0. The van der Waals surface area contributed by atoms with E-state index in [2.05, 4.69) is 43.4 Å². The zero-order valence-electron chi connectivity index (χ0n) is 9.25. The maximum atomic E-state index is 8.75. The third-order valence-electron chi connectivity index (χ3n) is 3.06. The number of rotatable bonds is 2. The number of fused-ring (bicyclic) bond motifs is 1. The highest BCUT2D eigenvalue weighted by molar-refractivity contribution is 5.59. The van der Waals surface area contributed by atoms with E-state index in [1.165, 1.54) is 16.8 Å². The van der Waals surface area contributed by atoms with Gasteiger partial charge >= 0.3 is 0 Å². The van der Waals surface area contributed by atoms with Crippen LogP contribution in [0.4, 0.5) is 5.69 Å². The summed E-state index contributed by atoms with van der Waals surface area (Å²) >= 11 is 0. The average Bonchev–Trinajstić information content (AvgIpc) is 2.61. The van der Waals surface area contributed by atoms with Gasteiger partial charge in [-0.1, -0.05) is 26.0 Å². The normalized spacial score (nSPS) is 18.4. The summed E-state index contributed by atoms with van der Waals surface area (Å²) in [5.74, 6) is 0.933. The van der Waals surface area contributed by atoms with Crippen molar-refractivity contribution >= 4 is 5.69 Å². The molecule has 0 amide bonds. The van der Waals surface area contributed by atoms with Crippen molar-refractivity contribution < 1.29 is 0 Å². The summed E-state index contributed by atoms with van der Waals surface area (Å²) in [6.07, 6.45) is 0.613. The Labute approximate surface area is 90.9 Å². The van der Waals surface area contributed by atoms with Crippen LogP contribution in [0.5, 0.6) is 0 Å². The summed E-state index contributed by atoms with van der Waals surface area (Å²) in [6, 6.07) is 8.82. The molecule has 78 valence electrons. The number of hydrogen-bond donors (Lipinski definition) is 1. The quantitative estimate of drug-likeness (QED) is 0.795. The predicted molar refractivity (Wildman–Crippen MR) is 62.0 cm³/mol. The zero-order chi connectivity index (χ0) is 10.8. The molecule has 1 atom stereocenters. The van der Waals surface area contributed by atoms with E-state index in [4.69, 9.17) is 5.26 Å². The van der Waals surface area contributed by atoms with Crippen LogP contribution in [0.2, 0.25) is 0 Å². The Hall–Kier alpha value is -1.49. The fourth-order valence-electron chi connectivity index (χ4n) is 2.07. The van der Waals surface area contributed by atoms with Crippen LogP contribution in [0.15, 0.2) is 18.2 Å². The molecule has 1 aliphatic rings. The first-order chi connectivity index (χ1) is 7.22. The fraction of sp³-hybridized carbons (Fsp3) is 0.462. The summed E-state index contributed by atoms with van der Waals surface area (Å²) in [5, 5.41) is 12.1. The van der Waals surface area contributed by atoms with Gasteiger partial charge in [-0.25, -0.2) is 0 Å². The Morgan fingerprint density at radius 2 is 2.33 bits per heavy atom. The van der Waals surface area contributed by atoms with Crippen LogP contribution in [-0.4, -0.2) is 6.54 Å². The Bertz CT molecular complexity index is 401. The van der Waals surface area contributed by atoms with E-state index in [1.807, 2.05) is 0 Å². The molecule has 2 heteroatoms. The number of anilines is 1. The second kappa shape index (κ2) is 3.94. The van der Waals surface area contributed by atoms with Gasteiger partial charge in [-0.3, -0.25) is 0 Å². The minimum absolute atomic E-state index is 0.378. The summed E-state index contributed by atoms with van der Waals surface area (Å²) in [5.41, 5.74) is 3.89. The largest absolute Gasteiger partial charge is 0.384 e. The summed E-state index contributed by atoms with van der Waals surface area (Å²) in [7, 11) is 0. The van der Waals surface area contributed by atoms with Gasteiger partial charge in [0.2, 0.25) is 0 Å². The maximum absolute atomic E-state index is 8.75. The Morgan fingerprint density at radius 1 is 1.53 bits per heavy atom. The molecular formula is C13H16N2. The lowest BCUT2D eigenvalue weighted by molar-refractivity contribution is 0.775. The standard InChI is InChI=1S/C13H16N2/c1-9(2)10-3-4-13-12(7-10)11(5-6-14)8-15-13/h3-4,7,9,11,15H,5,8H2,1-2H3. The molecule has 0 spiro atoms. The Kier molecular flexibility index (Phi) is 2.64. The van der Waals surface area contributed by atoms with Crippen LogP contribution in [0.25, 0.3) is 0 Å². The van der Waals surface area contributed by atoms with E-state index >= 15 is 0 Å². The lowest BCUT2D eigenvalue weighted by atomic mass is 9.93. The average molecular weight is 200 g/mol. The lowest BCUT2D eigenvalue weighted by Gasteiger charge is -2.10. The Morgan fingerprint density at radius 3 is 3.00 bits per heavy atom. The van der Waals surface area contributed by atoms with Gasteiger partial charge in [0.1, 0.15) is 0 Å². The summed E-state index contributed by atoms with van der Waals surface area (Å²) in [4.78, 5) is 0. The third kappa shape index (κ3) is 1.83. The molecule has 15 heavy (non-hydrogen) atoms. The minimum Gasteiger partial charge on any atom is -0.384 e. The van der Waals surface area contributed by atoms with E-state index in [-0.39, 0.29) is 0 Å². The van der Waals surface area contributed by atoms with Crippen molar-refractivity contribution in [3.8, 4) is 6.07 Å². The van der Waals surface area contributed by atoms with Crippen molar-refractivity contribution in [3.63, 3.8) is 0 Å². The first-order valence-corrected chi connectivity index (χ1v) is 5.47. The molecule has 1 heterocycles. The molecule has 0 saturated carbocycles. The van der Waals surface area contributed by atoms with Gasteiger partial charge in [0, 0.05) is 24.6 Å². The van der Waals surface area contributed by atoms with Gasteiger partial charge < -0.3 is 5.32 Å². The van der Waals surface area contributed by atoms with Gasteiger partial charge in [-0.2, -0.15) is 5.26 Å². The molecule has 0 aromatic heterocycles. The predicted octanol–water partition coefficient (Wildman–Crippen LogP) is 3.23. The molecule has 1 aromatic rings. The molecule has 1 aliphatic heterocycles. The maximum Gasteiger partial charge on any atom is 0.0628 e. The Balaban J connectivity index is 2.34. The number of hydrogen-bond acceptors (Lipinski definition) is 2. The van der Waals surface area contributed by atoms with Crippen LogP contribution in [0.3, 0.4) is 0 Å². The molecule has 2 nitrogen and oxygen atoms in total. The SMILES string of the molecule is CC(C)c1ccc2c(c1)C(CC#N)CN2. The minimum atomic E-state index is 0.378. The summed E-state index contributed by atoms with van der Waals surface area (Å²) in [6.45, 7) is 5.30. The van der Waals surface area contributed by atoms with Crippen LogP contribution in [0.1, 0.15) is 43.2 Å². The molecule has 1 aromatic carbocycles. The third-order valence-corrected chi connectivity index (χ3v) is 3.06. The van der Waals surface area contributed by atoms with Crippen molar-refractivity contribution in [2.45, 2.75) is 32.1 Å². The fourth-order valence-corrected chi connectivity index (χ4v) is 2.07. The van der Waals surface area contributed by atoms with Gasteiger partial charge in [0.25, 0.3) is 0 Å². The van der Waals surface area contributed by atoms with Crippen LogP contribution < -0.4 is 5.32 Å². The van der Waals surface area contributed by atoms with Crippen LogP contribution >= 0.6 is 0 Å². The van der Waals surface area contributed by atoms with Gasteiger partial charge in [-0.15, -0.1) is 0 Å². The second-order valence-electron chi connectivity index (χ2n) is 4.44. The molecule has 1 unspecified atom stereocenters. The van der Waals surface area contributed by atoms with E-state index in [0.717, 1.165) is 6.54 Å². The van der Waals surface area contributed by atoms with Crippen molar-refractivity contribution in [2.75, 3.05) is 11.9 Å². The van der Waals surface area contributed by atoms with Crippen LogP contribution in [0, 0.1) is 11.3 Å². The van der Waals surface area contributed by atoms with E-state index < -0.39 is 0 Å². The highest BCUT2D eigenvalue weighted by Gasteiger charge is 2.22. The number of nitriles is 1. The molecule has 2 rings (SSSR count). The van der Waals surface area contributed by atoms with Gasteiger partial charge in [-0.05, 0) is 23.1 Å². The van der Waals surface area contributed by atoms with Gasteiger partial charge in [0.05, 0.1) is 6.07 Å². The second-order valence-corrected chi connectivity index (χ2v) is 4.44. The smallest absolute Gasteiger partial charge is 0.0628 e. The highest BCUT2D eigenvalue weighted by atomic mass is 14.9.